The van der Waals surface area contributed by atoms with Crippen molar-refractivity contribution < 1.29 is 5.11 Å². The van der Waals surface area contributed by atoms with Crippen molar-refractivity contribution in [1.29, 1.82) is 0 Å². The van der Waals surface area contributed by atoms with Crippen LogP contribution >= 0.6 is 0 Å². The highest BCUT2D eigenvalue weighted by molar-refractivity contribution is 4.85. The average molecular weight is 237 g/mol. The van der Waals surface area contributed by atoms with E-state index < -0.39 is 5.60 Å². The van der Waals surface area contributed by atoms with Crippen LogP contribution in [0.1, 0.15) is 39.0 Å². The summed E-state index contributed by atoms with van der Waals surface area (Å²) in [5.74, 6) is 0. The first-order chi connectivity index (χ1) is 8.18. The van der Waals surface area contributed by atoms with E-state index in [1.54, 1.807) is 6.20 Å². The molecule has 1 fully saturated rings. The normalized spacial score (nSPS) is 21.3. The summed E-state index contributed by atoms with van der Waals surface area (Å²) in [6.45, 7) is 3.76. The maximum Gasteiger partial charge on any atom is 0.0946 e. The van der Waals surface area contributed by atoms with Crippen molar-refractivity contribution in [2.45, 2.75) is 57.2 Å². The third kappa shape index (κ3) is 3.82. The fraction of sp³-hybridized carbons (Fsp3) is 0.769. The van der Waals surface area contributed by atoms with E-state index in [0.717, 1.165) is 32.2 Å². The van der Waals surface area contributed by atoms with Gasteiger partial charge in [-0.25, -0.2) is 4.98 Å². The Hall–Kier alpha value is -0.870. The molecule has 1 aromatic heterocycles. The van der Waals surface area contributed by atoms with Gasteiger partial charge >= 0.3 is 0 Å². The minimum Gasteiger partial charge on any atom is -0.389 e. The van der Waals surface area contributed by atoms with E-state index in [0.29, 0.717) is 12.6 Å². The van der Waals surface area contributed by atoms with E-state index in [2.05, 4.69) is 21.8 Å². The monoisotopic (exact) mass is 237 g/mol. The van der Waals surface area contributed by atoms with Gasteiger partial charge < -0.3 is 15.0 Å². The lowest BCUT2D eigenvalue weighted by Crippen LogP contribution is -2.45. The van der Waals surface area contributed by atoms with Crippen LogP contribution in [0.2, 0.25) is 0 Å². The molecule has 1 aromatic rings. The number of nitrogens with zero attached hydrogens (tertiary/aromatic N) is 2. The topological polar surface area (TPSA) is 50.1 Å². The third-order valence-corrected chi connectivity index (χ3v) is 3.61. The van der Waals surface area contributed by atoms with Gasteiger partial charge in [-0.1, -0.05) is 19.3 Å². The van der Waals surface area contributed by atoms with Gasteiger partial charge in [0.05, 0.1) is 11.9 Å². The summed E-state index contributed by atoms with van der Waals surface area (Å²) in [4.78, 5) is 4.02. The van der Waals surface area contributed by atoms with Gasteiger partial charge in [0.1, 0.15) is 0 Å². The molecule has 2 rings (SSSR count). The van der Waals surface area contributed by atoms with Gasteiger partial charge in [-0.15, -0.1) is 0 Å². The van der Waals surface area contributed by atoms with Crippen LogP contribution in [-0.4, -0.2) is 32.8 Å². The van der Waals surface area contributed by atoms with Gasteiger partial charge in [-0.3, -0.25) is 0 Å². The molecule has 0 spiro atoms. The van der Waals surface area contributed by atoms with Crippen LogP contribution in [0.5, 0.6) is 0 Å². The highest BCUT2D eigenvalue weighted by atomic mass is 16.3. The minimum absolute atomic E-state index is 0.357. The maximum atomic E-state index is 10.4. The van der Waals surface area contributed by atoms with Crippen LogP contribution in [0.3, 0.4) is 0 Å². The zero-order valence-corrected chi connectivity index (χ0v) is 10.6. The molecule has 0 aromatic carbocycles. The lowest BCUT2D eigenvalue weighted by atomic mass is 9.85. The molecule has 2 N–H and O–H groups in total. The molecular weight excluding hydrogens is 214 g/mol. The third-order valence-electron chi connectivity index (χ3n) is 3.61. The number of hydrogen-bond donors (Lipinski definition) is 2. The Labute approximate surface area is 103 Å². The average Bonchev–Trinajstić information content (AvgIpc) is 2.80. The number of imidazole rings is 1. The SMILES string of the molecule is CC(Cn1ccnc1)NCC1(O)CCCCC1. The summed E-state index contributed by atoms with van der Waals surface area (Å²) < 4.78 is 2.06. The fourth-order valence-electron chi connectivity index (χ4n) is 2.53. The van der Waals surface area contributed by atoms with Crippen molar-refractivity contribution in [3.63, 3.8) is 0 Å². The maximum absolute atomic E-state index is 10.4. The summed E-state index contributed by atoms with van der Waals surface area (Å²) in [6.07, 6.45) is 11.1. The summed E-state index contributed by atoms with van der Waals surface area (Å²) in [7, 11) is 0. The van der Waals surface area contributed by atoms with Gasteiger partial charge in [-0.05, 0) is 19.8 Å². The van der Waals surface area contributed by atoms with Gasteiger partial charge in [-0.2, -0.15) is 0 Å². The second-order valence-corrected chi connectivity index (χ2v) is 5.33. The largest absolute Gasteiger partial charge is 0.389 e. The van der Waals surface area contributed by atoms with Crippen molar-refractivity contribution >= 4 is 0 Å². The van der Waals surface area contributed by atoms with Crippen LogP contribution in [-0.2, 0) is 6.54 Å². The zero-order chi connectivity index (χ0) is 12.1. The van der Waals surface area contributed by atoms with E-state index in [-0.39, 0.29) is 0 Å². The van der Waals surface area contributed by atoms with Crippen molar-refractivity contribution in [2.75, 3.05) is 6.54 Å². The number of aliphatic hydroxyl groups is 1. The Morgan fingerprint density at radius 1 is 1.41 bits per heavy atom. The summed E-state index contributed by atoms with van der Waals surface area (Å²) in [5.41, 5.74) is -0.471. The molecule has 1 saturated carbocycles. The first-order valence-electron chi connectivity index (χ1n) is 6.59. The lowest BCUT2D eigenvalue weighted by molar-refractivity contribution is 0.00267. The Bertz CT molecular complexity index is 317. The quantitative estimate of drug-likeness (QED) is 0.817. The molecule has 4 nitrogen and oxygen atoms in total. The molecule has 1 aliphatic rings. The molecule has 0 saturated heterocycles. The zero-order valence-electron chi connectivity index (χ0n) is 10.6. The fourth-order valence-corrected chi connectivity index (χ4v) is 2.53. The Morgan fingerprint density at radius 2 is 2.18 bits per heavy atom. The van der Waals surface area contributed by atoms with Gasteiger partial charge in [0, 0.05) is 31.5 Å². The van der Waals surface area contributed by atoms with E-state index in [9.17, 15) is 5.11 Å². The number of aromatic nitrogens is 2. The Balaban J connectivity index is 1.73. The van der Waals surface area contributed by atoms with Crippen molar-refractivity contribution in [3.8, 4) is 0 Å². The van der Waals surface area contributed by atoms with E-state index in [4.69, 9.17) is 0 Å². The molecule has 96 valence electrons. The standard InChI is InChI=1S/C13H23N3O/c1-12(9-16-8-7-14-11-16)15-10-13(17)5-3-2-4-6-13/h7-8,11-12,15,17H,2-6,9-10H2,1H3. The van der Waals surface area contributed by atoms with Gasteiger partial charge in [0.2, 0.25) is 0 Å². The minimum atomic E-state index is -0.471. The lowest BCUT2D eigenvalue weighted by Gasteiger charge is -2.33. The highest BCUT2D eigenvalue weighted by Crippen LogP contribution is 2.27. The Morgan fingerprint density at radius 3 is 2.82 bits per heavy atom. The molecule has 1 atom stereocenters. The van der Waals surface area contributed by atoms with Crippen LogP contribution in [0.15, 0.2) is 18.7 Å². The Kier molecular flexibility index (Phi) is 4.18. The molecule has 1 heterocycles. The van der Waals surface area contributed by atoms with Crippen LogP contribution in [0, 0.1) is 0 Å². The molecule has 0 bridgehead atoms. The molecule has 17 heavy (non-hydrogen) atoms. The highest BCUT2D eigenvalue weighted by Gasteiger charge is 2.28. The molecular formula is C13H23N3O. The molecule has 0 amide bonds. The van der Waals surface area contributed by atoms with Gasteiger partial charge in [0.15, 0.2) is 0 Å². The van der Waals surface area contributed by atoms with Crippen LogP contribution < -0.4 is 5.32 Å². The second kappa shape index (κ2) is 5.65. The first kappa shape index (κ1) is 12.6. The summed E-state index contributed by atoms with van der Waals surface area (Å²) >= 11 is 0. The van der Waals surface area contributed by atoms with Crippen molar-refractivity contribution in [3.05, 3.63) is 18.7 Å². The van der Waals surface area contributed by atoms with Crippen LogP contribution in [0.25, 0.3) is 0 Å². The summed E-state index contributed by atoms with van der Waals surface area (Å²) in [6, 6.07) is 0.357. The molecule has 4 heteroatoms. The second-order valence-electron chi connectivity index (χ2n) is 5.33. The van der Waals surface area contributed by atoms with Crippen molar-refractivity contribution in [1.82, 2.24) is 14.9 Å². The number of nitrogens with one attached hydrogen (secondary N) is 1. The van der Waals surface area contributed by atoms with E-state index in [1.807, 2.05) is 12.5 Å². The summed E-state index contributed by atoms with van der Waals surface area (Å²) in [5, 5.41) is 13.8. The van der Waals surface area contributed by atoms with E-state index >= 15 is 0 Å². The smallest absolute Gasteiger partial charge is 0.0946 e. The van der Waals surface area contributed by atoms with Crippen molar-refractivity contribution in [2.24, 2.45) is 0 Å². The van der Waals surface area contributed by atoms with E-state index in [1.165, 1.54) is 6.42 Å². The molecule has 1 aliphatic carbocycles. The molecule has 0 aliphatic heterocycles. The molecule has 1 unspecified atom stereocenters. The first-order valence-corrected chi connectivity index (χ1v) is 6.59. The number of hydrogen-bond acceptors (Lipinski definition) is 3. The predicted octanol–water partition coefficient (Wildman–Crippen LogP) is 1.56. The molecule has 0 radical (unpaired) electrons. The number of rotatable bonds is 5. The predicted molar refractivity (Wildman–Crippen MR) is 67.7 cm³/mol. The van der Waals surface area contributed by atoms with Crippen LogP contribution in [0.4, 0.5) is 0 Å². The van der Waals surface area contributed by atoms with Gasteiger partial charge in [0.25, 0.3) is 0 Å².